The quantitative estimate of drug-likeness (QED) is 0.737. The fraction of sp³-hybridized carbons (Fsp3) is 0.238. The highest BCUT2D eigenvalue weighted by Crippen LogP contribution is 2.24. The zero-order valence-corrected chi connectivity index (χ0v) is 16.3. The lowest BCUT2D eigenvalue weighted by molar-refractivity contribution is 0.0942. The topological polar surface area (TPSA) is 81.1 Å². The number of aromatic nitrogens is 2. The number of nitrogens with one attached hydrogen (secondary N) is 1. The molecule has 7 heteroatoms. The molecule has 28 heavy (non-hydrogen) atoms. The van der Waals surface area contributed by atoms with Crippen LogP contribution in [0.1, 0.15) is 22.3 Å². The molecular formula is C21H21N3O3S. The molecule has 1 amide bonds. The zero-order chi connectivity index (χ0) is 19.7. The maximum absolute atomic E-state index is 12.9. The number of aryl methyl sites for hydroxylation is 1. The smallest absolute Gasteiger partial charge is 0.255 e. The van der Waals surface area contributed by atoms with E-state index in [1.807, 2.05) is 61.5 Å². The van der Waals surface area contributed by atoms with Gasteiger partial charge in [-0.2, -0.15) is 5.10 Å². The number of nitrogens with zero attached hydrogens (tertiary/aromatic N) is 2. The minimum Gasteiger partial charge on any atom is -0.348 e. The standard InChI is InChI=1S/C21H21N3O3S/c1-15-7-9-18(10-8-15)24-13-19(20(23-24)16-5-3-2-4-6-16)21(25)22-17-11-12-28(26,27)14-17/h2-10,13,17H,11-12,14H2,1H3,(H,22,25). The third kappa shape index (κ3) is 3.84. The van der Waals surface area contributed by atoms with E-state index in [0.717, 1.165) is 16.8 Å². The van der Waals surface area contributed by atoms with Gasteiger partial charge in [0.15, 0.2) is 9.84 Å². The van der Waals surface area contributed by atoms with Crippen molar-refractivity contribution in [3.05, 3.63) is 71.9 Å². The van der Waals surface area contributed by atoms with E-state index in [-0.39, 0.29) is 23.5 Å². The Labute approximate surface area is 164 Å². The Bertz CT molecular complexity index is 1100. The molecule has 0 radical (unpaired) electrons. The number of amides is 1. The van der Waals surface area contributed by atoms with Gasteiger partial charge >= 0.3 is 0 Å². The molecule has 1 N–H and O–H groups in total. The lowest BCUT2D eigenvalue weighted by Gasteiger charge is -2.10. The van der Waals surface area contributed by atoms with Crippen LogP contribution >= 0.6 is 0 Å². The van der Waals surface area contributed by atoms with Crippen molar-refractivity contribution in [3.63, 3.8) is 0 Å². The van der Waals surface area contributed by atoms with Crippen molar-refractivity contribution in [3.8, 4) is 16.9 Å². The zero-order valence-electron chi connectivity index (χ0n) is 15.5. The van der Waals surface area contributed by atoms with Gasteiger partial charge in [-0.05, 0) is 25.5 Å². The molecule has 1 atom stereocenters. The molecule has 2 heterocycles. The maximum atomic E-state index is 12.9. The Morgan fingerprint density at radius 1 is 1.11 bits per heavy atom. The fourth-order valence-corrected chi connectivity index (χ4v) is 5.02. The van der Waals surface area contributed by atoms with Gasteiger partial charge in [0.05, 0.1) is 22.8 Å². The van der Waals surface area contributed by atoms with Crippen molar-refractivity contribution in [2.75, 3.05) is 11.5 Å². The average molecular weight is 395 g/mol. The monoisotopic (exact) mass is 395 g/mol. The summed E-state index contributed by atoms with van der Waals surface area (Å²) in [5.74, 6) is -0.197. The molecule has 0 spiro atoms. The molecule has 6 nitrogen and oxygen atoms in total. The molecule has 144 valence electrons. The first-order valence-electron chi connectivity index (χ1n) is 9.15. The summed E-state index contributed by atoms with van der Waals surface area (Å²) in [7, 11) is -3.06. The van der Waals surface area contributed by atoms with Gasteiger partial charge in [-0.15, -0.1) is 0 Å². The summed E-state index contributed by atoms with van der Waals surface area (Å²) >= 11 is 0. The van der Waals surface area contributed by atoms with Gasteiger partial charge in [-0.25, -0.2) is 13.1 Å². The highest BCUT2D eigenvalue weighted by Gasteiger charge is 2.30. The lowest BCUT2D eigenvalue weighted by Crippen LogP contribution is -2.35. The Morgan fingerprint density at radius 3 is 2.46 bits per heavy atom. The first kappa shape index (κ1) is 18.4. The molecule has 4 rings (SSSR count). The summed E-state index contributed by atoms with van der Waals surface area (Å²) < 4.78 is 25.1. The number of carbonyl (C=O) groups is 1. The van der Waals surface area contributed by atoms with E-state index in [2.05, 4.69) is 10.4 Å². The maximum Gasteiger partial charge on any atom is 0.255 e. The Hall–Kier alpha value is -2.93. The second kappa shape index (κ2) is 7.24. The molecule has 1 fully saturated rings. The Kier molecular flexibility index (Phi) is 4.77. The second-order valence-electron chi connectivity index (χ2n) is 7.11. The van der Waals surface area contributed by atoms with Gasteiger partial charge in [0, 0.05) is 17.8 Å². The second-order valence-corrected chi connectivity index (χ2v) is 9.34. The molecule has 1 aromatic heterocycles. The predicted molar refractivity (Wildman–Crippen MR) is 108 cm³/mol. The number of rotatable bonds is 4. The van der Waals surface area contributed by atoms with E-state index in [9.17, 15) is 13.2 Å². The predicted octanol–water partition coefficient (Wildman–Crippen LogP) is 2.76. The summed E-state index contributed by atoms with van der Waals surface area (Å²) in [4.78, 5) is 12.9. The number of sulfone groups is 1. The third-order valence-corrected chi connectivity index (χ3v) is 6.64. The van der Waals surface area contributed by atoms with Crippen LogP contribution in [0, 0.1) is 6.92 Å². The first-order valence-corrected chi connectivity index (χ1v) is 11.0. The van der Waals surface area contributed by atoms with E-state index in [1.54, 1.807) is 10.9 Å². The molecular weight excluding hydrogens is 374 g/mol. The van der Waals surface area contributed by atoms with Crippen LogP contribution in [0.2, 0.25) is 0 Å². The summed E-state index contributed by atoms with van der Waals surface area (Å²) in [5.41, 5.74) is 3.82. The van der Waals surface area contributed by atoms with Crippen LogP contribution in [0.4, 0.5) is 0 Å². The SMILES string of the molecule is Cc1ccc(-n2cc(C(=O)NC3CCS(=O)(=O)C3)c(-c3ccccc3)n2)cc1. The van der Waals surface area contributed by atoms with Crippen molar-refractivity contribution in [2.24, 2.45) is 0 Å². The number of benzene rings is 2. The van der Waals surface area contributed by atoms with Crippen LogP contribution in [-0.2, 0) is 9.84 Å². The van der Waals surface area contributed by atoms with Gasteiger partial charge in [-0.3, -0.25) is 4.79 Å². The van der Waals surface area contributed by atoms with Crippen LogP contribution < -0.4 is 5.32 Å². The van der Waals surface area contributed by atoms with Crippen molar-refractivity contribution < 1.29 is 13.2 Å². The van der Waals surface area contributed by atoms with Gasteiger partial charge in [0.2, 0.25) is 0 Å². The molecule has 1 aliphatic rings. The largest absolute Gasteiger partial charge is 0.348 e. The summed E-state index contributed by atoms with van der Waals surface area (Å²) in [6, 6.07) is 17.0. The summed E-state index contributed by atoms with van der Waals surface area (Å²) in [6.45, 7) is 2.01. The van der Waals surface area contributed by atoms with E-state index in [4.69, 9.17) is 0 Å². The number of hydrogen-bond acceptors (Lipinski definition) is 4. The molecule has 2 aromatic carbocycles. The van der Waals surface area contributed by atoms with E-state index in [0.29, 0.717) is 17.7 Å². The van der Waals surface area contributed by atoms with Crippen LogP contribution in [0.25, 0.3) is 16.9 Å². The highest BCUT2D eigenvalue weighted by atomic mass is 32.2. The molecule has 1 aliphatic heterocycles. The highest BCUT2D eigenvalue weighted by molar-refractivity contribution is 7.91. The fourth-order valence-electron chi connectivity index (χ4n) is 3.35. The van der Waals surface area contributed by atoms with Crippen LogP contribution in [0.3, 0.4) is 0 Å². The minimum atomic E-state index is -3.06. The molecule has 1 saturated heterocycles. The number of hydrogen-bond donors (Lipinski definition) is 1. The summed E-state index contributed by atoms with van der Waals surface area (Å²) in [6.07, 6.45) is 2.15. The molecule has 1 unspecified atom stereocenters. The van der Waals surface area contributed by atoms with Crippen molar-refractivity contribution in [1.82, 2.24) is 15.1 Å². The number of carbonyl (C=O) groups excluding carboxylic acids is 1. The molecule has 0 saturated carbocycles. The van der Waals surface area contributed by atoms with Crippen LogP contribution in [0.5, 0.6) is 0 Å². The van der Waals surface area contributed by atoms with Crippen LogP contribution in [-0.4, -0.2) is 41.7 Å². The van der Waals surface area contributed by atoms with Gasteiger partial charge in [0.25, 0.3) is 5.91 Å². The van der Waals surface area contributed by atoms with Crippen molar-refractivity contribution in [1.29, 1.82) is 0 Å². The van der Waals surface area contributed by atoms with Crippen molar-refractivity contribution >= 4 is 15.7 Å². The molecule has 3 aromatic rings. The minimum absolute atomic E-state index is 0.00842. The van der Waals surface area contributed by atoms with E-state index in [1.165, 1.54) is 0 Å². The van der Waals surface area contributed by atoms with E-state index >= 15 is 0 Å². The summed E-state index contributed by atoms with van der Waals surface area (Å²) in [5, 5.41) is 7.51. The Balaban J connectivity index is 1.70. The van der Waals surface area contributed by atoms with E-state index < -0.39 is 9.84 Å². The van der Waals surface area contributed by atoms with Gasteiger partial charge < -0.3 is 5.32 Å². The van der Waals surface area contributed by atoms with Gasteiger partial charge in [0.1, 0.15) is 5.69 Å². The molecule has 0 aliphatic carbocycles. The third-order valence-electron chi connectivity index (χ3n) is 4.87. The Morgan fingerprint density at radius 2 is 1.82 bits per heavy atom. The lowest BCUT2D eigenvalue weighted by atomic mass is 10.1. The van der Waals surface area contributed by atoms with Crippen LogP contribution in [0.15, 0.2) is 60.8 Å². The average Bonchev–Trinajstić information content (AvgIpc) is 3.26. The van der Waals surface area contributed by atoms with Gasteiger partial charge in [-0.1, -0.05) is 48.0 Å². The normalized spacial score (nSPS) is 18.1. The first-order chi connectivity index (χ1) is 13.4. The molecule has 0 bridgehead atoms. The van der Waals surface area contributed by atoms with Crippen molar-refractivity contribution in [2.45, 2.75) is 19.4 Å².